The van der Waals surface area contributed by atoms with Gasteiger partial charge in [-0.1, -0.05) is 0 Å². The Morgan fingerprint density at radius 3 is 2.47 bits per heavy atom. The Bertz CT molecular complexity index is 538. The van der Waals surface area contributed by atoms with Gasteiger partial charge in [-0.05, 0) is 25.5 Å². The fourth-order valence-corrected chi connectivity index (χ4v) is 1.15. The van der Waals surface area contributed by atoms with Crippen molar-refractivity contribution in [2.24, 2.45) is 5.10 Å². The zero-order chi connectivity index (χ0) is 14.8. The van der Waals surface area contributed by atoms with E-state index in [1.165, 1.54) is 6.92 Å². The summed E-state index contributed by atoms with van der Waals surface area (Å²) in [6.45, 7) is 2.29. The molecule has 8 heteroatoms. The Morgan fingerprint density at radius 1 is 1.37 bits per heavy atom. The van der Waals surface area contributed by atoms with Crippen LogP contribution in [0, 0.1) is 12.7 Å². The fourth-order valence-electron chi connectivity index (χ4n) is 1.15. The van der Waals surface area contributed by atoms with Crippen LogP contribution in [0.5, 0.6) is 5.75 Å². The molecule has 1 aromatic rings. The average Bonchev–Trinajstić information content (AvgIpc) is 2.29. The summed E-state index contributed by atoms with van der Waals surface area (Å²) >= 11 is 0. The van der Waals surface area contributed by atoms with Crippen molar-refractivity contribution in [1.29, 1.82) is 0 Å². The fraction of sp³-hybridized carbons (Fsp3) is 0.273. The van der Waals surface area contributed by atoms with Crippen LogP contribution in [0.4, 0.5) is 23.2 Å². The number of rotatable bonds is 3. The molecule has 0 spiro atoms. The van der Waals surface area contributed by atoms with Crippen LogP contribution >= 0.6 is 0 Å². The lowest BCUT2D eigenvalue weighted by atomic mass is 10.2. The molecule has 0 aliphatic carbocycles. The summed E-state index contributed by atoms with van der Waals surface area (Å²) in [4.78, 5) is 10.8. The molecule has 2 N–H and O–H groups in total. The van der Waals surface area contributed by atoms with Gasteiger partial charge in [-0.3, -0.25) is 10.2 Å². The van der Waals surface area contributed by atoms with Gasteiger partial charge in [0.25, 0.3) is 5.78 Å². The van der Waals surface area contributed by atoms with Crippen LogP contribution in [-0.2, 0) is 4.79 Å². The number of hydrogen-bond acceptors (Lipinski definition) is 4. The quantitative estimate of drug-likeness (QED) is 0.507. The minimum atomic E-state index is -5.04. The average molecular weight is 278 g/mol. The molecule has 0 atom stereocenters. The van der Waals surface area contributed by atoms with Gasteiger partial charge in [0.05, 0.1) is 5.69 Å². The van der Waals surface area contributed by atoms with Gasteiger partial charge in [0.2, 0.25) is 0 Å². The van der Waals surface area contributed by atoms with Gasteiger partial charge >= 0.3 is 6.18 Å². The molecule has 4 nitrogen and oxygen atoms in total. The van der Waals surface area contributed by atoms with Crippen LogP contribution in [0.1, 0.15) is 12.5 Å². The zero-order valence-corrected chi connectivity index (χ0v) is 9.97. The number of phenolic OH excluding ortho intramolecular Hbond substituents is 1. The topological polar surface area (TPSA) is 61.7 Å². The van der Waals surface area contributed by atoms with Gasteiger partial charge in [-0.15, -0.1) is 0 Å². The molecule has 104 valence electrons. The Morgan fingerprint density at radius 2 is 1.95 bits per heavy atom. The lowest BCUT2D eigenvalue weighted by Crippen LogP contribution is -2.29. The third-order valence-corrected chi connectivity index (χ3v) is 2.22. The highest BCUT2D eigenvalue weighted by molar-refractivity contribution is 6.41. The van der Waals surface area contributed by atoms with Crippen molar-refractivity contribution in [2.75, 3.05) is 5.43 Å². The van der Waals surface area contributed by atoms with Gasteiger partial charge in [-0.2, -0.15) is 18.3 Å². The summed E-state index contributed by atoms with van der Waals surface area (Å²) in [7, 11) is 0. The molecule has 0 amide bonds. The molecule has 0 radical (unpaired) electrons. The SMILES string of the molecule is C/C(=N\Nc1cc(O)c(C)cc1F)C(=O)C(F)(F)F. The number of alkyl halides is 3. The van der Waals surface area contributed by atoms with Crippen LogP contribution in [-0.4, -0.2) is 22.8 Å². The van der Waals surface area contributed by atoms with E-state index in [0.29, 0.717) is 0 Å². The maximum absolute atomic E-state index is 13.4. The summed E-state index contributed by atoms with van der Waals surface area (Å²) in [5.74, 6) is -3.19. The first-order valence-corrected chi connectivity index (χ1v) is 5.04. The second kappa shape index (κ2) is 5.25. The molecule has 1 aromatic carbocycles. The molecular formula is C11H10F4N2O2. The first-order chi connectivity index (χ1) is 8.62. The second-order valence-corrected chi connectivity index (χ2v) is 3.75. The smallest absolute Gasteiger partial charge is 0.456 e. The number of hydrazone groups is 1. The molecule has 0 saturated carbocycles. The zero-order valence-electron chi connectivity index (χ0n) is 9.97. The molecule has 0 heterocycles. The Kier molecular flexibility index (Phi) is 4.13. The van der Waals surface area contributed by atoms with Crippen molar-refractivity contribution < 1.29 is 27.5 Å². The van der Waals surface area contributed by atoms with Crippen molar-refractivity contribution >= 4 is 17.2 Å². The lowest BCUT2D eigenvalue weighted by molar-refractivity contribution is -0.163. The van der Waals surface area contributed by atoms with Crippen LogP contribution in [0.25, 0.3) is 0 Å². The maximum atomic E-state index is 13.4. The number of benzene rings is 1. The second-order valence-electron chi connectivity index (χ2n) is 3.75. The molecule has 0 aliphatic heterocycles. The Balaban J connectivity index is 2.93. The number of nitrogens with one attached hydrogen (secondary N) is 1. The number of aryl methyl sites for hydroxylation is 1. The number of ketones is 1. The van der Waals surface area contributed by atoms with Crippen LogP contribution < -0.4 is 5.43 Å². The highest BCUT2D eigenvalue weighted by Crippen LogP contribution is 2.24. The molecule has 1 rings (SSSR count). The van der Waals surface area contributed by atoms with E-state index in [1.807, 2.05) is 5.43 Å². The standard InChI is InChI=1S/C11H10F4N2O2/c1-5-3-7(12)8(4-9(5)18)17-16-6(2)10(19)11(13,14)15/h3-4,17-18H,1-2H3/b16-6+. The van der Waals surface area contributed by atoms with Gasteiger partial charge in [0.1, 0.15) is 17.3 Å². The van der Waals surface area contributed by atoms with Crippen LogP contribution in [0.3, 0.4) is 0 Å². The molecule has 0 unspecified atom stereocenters. The van der Waals surface area contributed by atoms with Crippen molar-refractivity contribution in [2.45, 2.75) is 20.0 Å². The number of nitrogens with zero attached hydrogens (tertiary/aromatic N) is 1. The molecule has 0 saturated heterocycles. The Hall–Kier alpha value is -2.12. The third-order valence-electron chi connectivity index (χ3n) is 2.22. The van der Waals surface area contributed by atoms with Gasteiger partial charge < -0.3 is 5.11 Å². The molecule has 0 fully saturated rings. The van der Waals surface area contributed by atoms with Crippen molar-refractivity contribution in [3.63, 3.8) is 0 Å². The van der Waals surface area contributed by atoms with E-state index in [-0.39, 0.29) is 17.0 Å². The third kappa shape index (κ3) is 3.67. The maximum Gasteiger partial charge on any atom is 0.456 e. The van der Waals surface area contributed by atoms with Gasteiger partial charge in [0, 0.05) is 6.07 Å². The van der Waals surface area contributed by atoms with Crippen LogP contribution in [0.15, 0.2) is 17.2 Å². The normalized spacial score (nSPS) is 12.4. The molecule has 0 aliphatic rings. The number of phenols is 1. The Labute approximate surface area is 105 Å². The predicted molar refractivity (Wildman–Crippen MR) is 60.6 cm³/mol. The summed E-state index contributed by atoms with van der Waals surface area (Å²) in [6.07, 6.45) is -5.04. The first-order valence-electron chi connectivity index (χ1n) is 5.04. The number of carbonyl (C=O) groups is 1. The highest BCUT2D eigenvalue weighted by Gasteiger charge is 2.40. The van der Waals surface area contributed by atoms with E-state index >= 15 is 0 Å². The van der Waals surface area contributed by atoms with E-state index < -0.39 is 23.5 Å². The number of carbonyl (C=O) groups excluding carboxylic acids is 1. The minimum Gasteiger partial charge on any atom is -0.508 e. The monoisotopic (exact) mass is 278 g/mol. The molecule has 0 bridgehead atoms. The van der Waals surface area contributed by atoms with E-state index in [4.69, 9.17) is 0 Å². The highest BCUT2D eigenvalue weighted by atomic mass is 19.4. The number of anilines is 1. The van der Waals surface area contributed by atoms with E-state index in [2.05, 4.69) is 5.10 Å². The number of halogens is 4. The molecular weight excluding hydrogens is 268 g/mol. The minimum absolute atomic E-state index is 0.251. The number of aromatic hydroxyl groups is 1. The van der Waals surface area contributed by atoms with Gasteiger partial charge in [0.15, 0.2) is 0 Å². The number of hydrogen-bond donors (Lipinski definition) is 2. The van der Waals surface area contributed by atoms with E-state index in [1.54, 1.807) is 0 Å². The molecule has 0 aromatic heterocycles. The summed E-state index contributed by atoms with van der Waals surface area (Å²) in [6, 6.07) is 1.94. The largest absolute Gasteiger partial charge is 0.508 e. The number of Topliss-reactive ketones (excluding diaryl/α,β-unsaturated/α-hetero) is 1. The summed E-state index contributed by atoms with van der Waals surface area (Å²) in [5, 5.41) is 12.5. The predicted octanol–water partition coefficient (Wildman–Crippen LogP) is 2.76. The summed E-state index contributed by atoms with van der Waals surface area (Å²) in [5.41, 5.74) is 1.02. The molecule has 19 heavy (non-hydrogen) atoms. The first kappa shape index (κ1) is 14.9. The van der Waals surface area contributed by atoms with Gasteiger partial charge in [-0.25, -0.2) is 4.39 Å². The van der Waals surface area contributed by atoms with Crippen molar-refractivity contribution in [3.8, 4) is 5.75 Å². The lowest BCUT2D eigenvalue weighted by Gasteiger charge is -2.07. The summed E-state index contributed by atoms with van der Waals surface area (Å²) < 4.78 is 49.5. The van der Waals surface area contributed by atoms with Crippen LogP contribution in [0.2, 0.25) is 0 Å². The van der Waals surface area contributed by atoms with E-state index in [0.717, 1.165) is 19.1 Å². The van der Waals surface area contributed by atoms with E-state index in [9.17, 15) is 27.5 Å². The van der Waals surface area contributed by atoms with Crippen molar-refractivity contribution in [3.05, 3.63) is 23.5 Å². The van der Waals surface area contributed by atoms with Crippen molar-refractivity contribution in [1.82, 2.24) is 0 Å².